The van der Waals surface area contributed by atoms with Gasteiger partial charge in [-0.15, -0.1) is 0 Å². The third-order valence-corrected chi connectivity index (χ3v) is 4.10. The zero-order chi connectivity index (χ0) is 13.1. The van der Waals surface area contributed by atoms with Crippen LogP contribution in [0.5, 0.6) is 0 Å². The smallest absolute Gasteiger partial charge is 0.410 e. The Labute approximate surface area is 109 Å². The van der Waals surface area contributed by atoms with E-state index in [0.29, 0.717) is 12.5 Å². The van der Waals surface area contributed by atoms with Crippen molar-refractivity contribution in [2.75, 3.05) is 13.2 Å². The van der Waals surface area contributed by atoms with Gasteiger partial charge in [0.1, 0.15) is 0 Å². The fraction of sp³-hybridized carbons (Fsp3) is 0.929. The highest BCUT2D eigenvalue weighted by molar-refractivity contribution is 5.68. The highest BCUT2D eigenvalue weighted by Crippen LogP contribution is 2.36. The van der Waals surface area contributed by atoms with Crippen LogP contribution in [0.4, 0.5) is 4.79 Å². The molecule has 3 unspecified atom stereocenters. The number of aliphatic hydroxyl groups is 1. The van der Waals surface area contributed by atoms with Crippen molar-refractivity contribution in [2.24, 2.45) is 11.8 Å². The van der Waals surface area contributed by atoms with Gasteiger partial charge >= 0.3 is 6.09 Å². The van der Waals surface area contributed by atoms with Gasteiger partial charge in [0.25, 0.3) is 0 Å². The highest BCUT2D eigenvalue weighted by Gasteiger charge is 2.40. The molecule has 1 saturated carbocycles. The van der Waals surface area contributed by atoms with Crippen LogP contribution in [-0.4, -0.2) is 41.4 Å². The monoisotopic (exact) mass is 255 g/mol. The summed E-state index contributed by atoms with van der Waals surface area (Å²) in [6.07, 6.45) is 4.63. The highest BCUT2D eigenvalue weighted by atomic mass is 16.6. The number of hydrogen-bond acceptors (Lipinski definition) is 3. The van der Waals surface area contributed by atoms with Crippen molar-refractivity contribution in [2.45, 2.75) is 58.1 Å². The molecule has 1 N–H and O–H groups in total. The van der Waals surface area contributed by atoms with Crippen LogP contribution in [0.3, 0.4) is 0 Å². The van der Waals surface area contributed by atoms with E-state index in [2.05, 4.69) is 0 Å². The van der Waals surface area contributed by atoms with Gasteiger partial charge < -0.3 is 14.7 Å². The molecule has 4 nitrogen and oxygen atoms in total. The number of amides is 1. The molecule has 0 aromatic heterocycles. The molecule has 1 amide bonds. The van der Waals surface area contributed by atoms with E-state index in [1.54, 1.807) is 0 Å². The van der Waals surface area contributed by atoms with E-state index < -0.39 is 0 Å². The van der Waals surface area contributed by atoms with Crippen LogP contribution in [-0.2, 0) is 4.74 Å². The van der Waals surface area contributed by atoms with Gasteiger partial charge in [0.05, 0.1) is 12.7 Å². The lowest BCUT2D eigenvalue weighted by Crippen LogP contribution is -2.43. The summed E-state index contributed by atoms with van der Waals surface area (Å²) in [4.78, 5) is 13.9. The Hall–Kier alpha value is -0.770. The molecule has 1 heterocycles. The van der Waals surface area contributed by atoms with E-state index in [1.807, 2.05) is 18.7 Å². The van der Waals surface area contributed by atoms with Crippen LogP contribution in [0.15, 0.2) is 0 Å². The zero-order valence-electron chi connectivity index (χ0n) is 11.5. The number of ether oxygens (including phenoxy) is 1. The van der Waals surface area contributed by atoms with E-state index in [9.17, 15) is 9.90 Å². The van der Waals surface area contributed by atoms with E-state index >= 15 is 0 Å². The number of aliphatic hydroxyl groups excluding tert-OH is 1. The lowest BCUT2D eigenvalue weighted by atomic mass is 9.94. The summed E-state index contributed by atoms with van der Waals surface area (Å²) in [5.41, 5.74) is 0. The minimum Gasteiger partial charge on any atom is -0.449 e. The second-order valence-corrected chi connectivity index (χ2v) is 6.04. The number of likely N-dealkylation sites (tertiary alicyclic amines) is 1. The van der Waals surface area contributed by atoms with Crippen molar-refractivity contribution in [3.63, 3.8) is 0 Å². The second-order valence-electron chi connectivity index (χ2n) is 6.04. The van der Waals surface area contributed by atoms with Gasteiger partial charge in [0.15, 0.2) is 0 Å². The Morgan fingerprint density at radius 3 is 2.72 bits per heavy atom. The van der Waals surface area contributed by atoms with Gasteiger partial charge in [-0.05, 0) is 31.6 Å². The molecule has 4 heteroatoms. The summed E-state index contributed by atoms with van der Waals surface area (Å²) in [5.74, 6) is 0.631. The number of nitrogens with zero attached hydrogens (tertiary/aromatic N) is 1. The zero-order valence-corrected chi connectivity index (χ0v) is 11.5. The first-order chi connectivity index (χ1) is 8.59. The summed E-state index contributed by atoms with van der Waals surface area (Å²) in [7, 11) is 0. The molecule has 2 fully saturated rings. The van der Waals surface area contributed by atoms with E-state index in [-0.39, 0.29) is 24.2 Å². The first kappa shape index (κ1) is 13.7. The van der Waals surface area contributed by atoms with Crippen molar-refractivity contribution >= 4 is 6.09 Å². The van der Waals surface area contributed by atoms with E-state index in [0.717, 1.165) is 38.6 Å². The molecule has 3 atom stereocenters. The van der Waals surface area contributed by atoms with Crippen molar-refractivity contribution in [3.05, 3.63) is 0 Å². The van der Waals surface area contributed by atoms with Gasteiger partial charge in [0.2, 0.25) is 0 Å². The molecule has 1 saturated heterocycles. The SMILES string of the molecule is CC(C)COC(=O)N1CCCC1C1CCCC1O. The largest absolute Gasteiger partial charge is 0.449 e. The molecule has 0 aromatic carbocycles. The summed E-state index contributed by atoms with van der Waals surface area (Å²) in [6.45, 7) is 5.34. The first-order valence-corrected chi connectivity index (χ1v) is 7.21. The molecule has 0 radical (unpaired) electrons. The summed E-state index contributed by atoms with van der Waals surface area (Å²) in [5, 5.41) is 9.99. The Bertz CT molecular complexity index is 293. The summed E-state index contributed by atoms with van der Waals surface area (Å²) in [6, 6.07) is 0.196. The van der Waals surface area contributed by atoms with Gasteiger partial charge in [-0.25, -0.2) is 4.79 Å². The molecule has 104 valence electrons. The molecule has 18 heavy (non-hydrogen) atoms. The van der Waals surface area contributed by atoms with Gasteiger partial charge in [-0.2, -0.15) is 0 Å². The quantitative estimate of drug-likeness (QED) is 0.842. The normalized spacial score (nSPS) is 32.2. The van der Waals surface area contributed by atoms with Crippen LogP contribution in [0.2, 0.25) is 0 Å². The fourth-order valence-electron chi connectivity index (χ4n) is 3.20. The topological polar surface area (TPSA) is 49.8 Å². The van der Waals surface area contributed by atoms with E-state index in [1.165, 1.54) is 0 Å². The maximum absolute atomic E-state index is 12.0. The van der Waals surface area contributed by atoms with Crippen LogP contribution < -0.4 is 0 Å². The number of carbonyl (C=O) groups excluding carboxylic acids is 1. The van der Waals surface area contributed by atoms with Crippen LogP contribution in [0.25, 0.3) is 0 Å². The van der Waals surface area contributed by atoms with Gasteiger partial charge in [-0.3, -0.25) is 0 Å². The Morgan fingerprint density at radius 1 is 1.33 bits per heavy atom. The van der Waals surface area contributed by atoms with Crippen molar-refractivity contribution in [1.29, 1.82) is 0 Å². The first-order valence-electron chi connectivity index (χ1n) is 7.21. The number of hydrogen-bond donors (Lipinski definition) is 1. The van der Waals surface area contributed by atoms with Crippen molar-refractivity contribution in [1.82, 2.24) is 4.90 Å². The Morgan fingerprint density at radius 2 is 2.11 bits per heavy atom. The molecular formula is C14H25NO3. The molecular weight excluding hydrogens is 230 g/mol. The van der Waals surface area contributed by atoms with E-state index in [4.69, 9.17) is 4.74 Å². The molecule has 2 aliphatic rings. The molecule has 0 spiro atoms. The maximum atomic E-state index is 12.0. The van der Waals surface area contributed by atoms with Gasteiger partial charge in [-0.1, -0.05) is 20.3 Å². The average molecular weight is 255 g/mol. The molecule has 0 aromatic rings. The van der Waals surface area contributed by atoms with Crippen LogP contribution in [0.1, 0.15) is 46.0 Å². The number of carbonyl (C=O) groups is 1. The van der Waals surface area contributed by atoms with Crippen molar-refractivity contribution in [3.8, 4) is 0 Å². The van der Waals surface area contributed by atoms with Crippen molar-refractivity contribution < 1.29 is 14.6 Å². The Balaban J connectivity index is 1.92. The summed E-state index contributed by atoms with van der Waals surface area (Å²) < 4.78 is 5.32. The van der Waals surface area contributed by atoms with Crippen LogP contribution in [0, 0.1) is 11.8 Å². The lowest BCUT2D eigenvalue weighted by molar-refractivity contribution is 0.0519. The third kappa shape index (κ3) is 2.97. The predicted molar refractivity (Wildman–Crippen MR) is 69.3 cm³/mol. The average Bonchev–Trinajstić information content (AvgIpc) is 2.93. The predicted octanol–water partition coefficient (Wildman–Crippen LogP) is 2.40. The minimum atomic E-state index is -0.228. The standard InChI is InChI=1S/C14H25NO3/c1-10(2)9-18-14(17)15-8-4-6-12(15)11-5-3-7-13(11)16/h10-13,16H,3-9H2,1-2H3. The lowest BCUT2D eigenvalue weighted by Gasteiger charge is -2.30. The fourth-order valence-corrected chi connectivity index (χ4v) is 3.20. The molecule has 1 aliphatic heterocycles. The number of rotatable bonds is 3. The molecule has 1 aliphatic carbocycles. The van der Waals surface area contributed by atoms with Gasteiger partial charge in [0, 0.05) is 18.5 Å². The minimum absolute atomic E-state index is 0.190. The van der Waals surface area contributed by atoms with Crippen LogP contribution >= 0.6 is 0 Å². The molecule has 0 bridgehead atoms. The molecule has 2 rings (SSSR count). The Kier molecular flexibility index (Phi) is 4.49. The second kappa shape index (κ2) is 5.91. The summed E-state index contributed by atoms with van der Waals surface area (Å²) >= 11 is 0. The maximum Gasteiger partial charge on any atom is 0.410 e. The third-order valence-electron chi connectivity index (χ3n) is 4.10.